The fraction of sp³-hybridized carbons (Fsp3) is 0.625. The highest BCUT2D eigenvalue weighted by Crippen LogP contribution is 2.21. The first-order valence-electron chi connectivity index (χ1n) is 7.52. The molecule has 0 saturated heterocycles. The molecule has 0 spiro atoms. The monoisotopic (exact) mass is 280 g/mol. The second kappa shape index (κ2) is 9.61. The van der Waals surface area contributed by atoms with Crippen LogP contribution in [0.4, 0.5) is 11.4 Å². The Morgan fingerprint density at radius 2 is 1.55 bits per heavy atom. The van der Waals surface area contributed by atoms with Gasteiger partial charge in [0.2, 0.25) is 0 Å². The summed E-state index contributed by atoms with van der Waals surface area (Å²) in [5, 5.41) is 17.7. The quantitative estimate of drug-likeness (QED) is 0.454. The van der Waals surface area contributed by atoms with Crippen LogP contribution in [0, 0.1) is 6.92 Å². The van der Waals surface area contributed by atoms with Crippen LogP contribution in [-0.4, -0.2) is 36.5 Å². The highest BCUT2D eigenvalue weighted by molar-refractivity contribution is 5.58. The number of unbranched alkanes of at least 4 members (excludes halogenated alkanes) is 3. The zero-order valence-electron chi connectivity index (χ0n) is 12.5. The number of nitrogen functional groups attached to an aromatic ring is 1. The van der Waals surface area contributed by atoms with Gasteiger partial charge in [-0.1, -0.05) is 0 Å². The van der Waals surface area contributed by atoms with Gasteiger partial charge in [-0.25, -0.2) is 0 Å². The van der Waals surface area contributed by atoms with E-state index >= 15 is 0 Å². The maximum Gasteiger partial charge on any atom is 0.0431 e. The fourth-order valence-corrected chi connectivity index (χ4v) is 2.23. The molecule has 1 aromatic carbocycles. The van der Waals surface area contributed by atoms with Crippen molar-refractivity contribution in [1.82, 2.24) is 0 Å². The number of nitrogens with two attached hydrogens (primary N) is 1. The average Bonchev–Trinajstić information content (AvgIpc) is 2.45. The molecular formula is C16H28N2O2. The van der Waals surface area contributed by atoms with Gasteiger partial charge in [-0.15, -0.1) is 0 Å². The molecule has 0 aromatic heterocycles. The zero-order chi connectivity index (χ0) is 14.8. The molecule has 0 unspecified atom stereocenters. The molecule has 0 bridgehead atoms. The van der Waals surface area contributed by atoms with Crippen molar-refractivity contribution in [2.45, 2.75) is 39.0 Å². The Hall–Kier alpha value is -1.26. The van der Waals surface area contributed by atoms with Crippen LogP contribution in [0.2, 0.25) is 0 Å². The summed E-state index contributed by atoms with van der Waals surface area (Å²) in [6.45, 7) is 4.47. The third-order valence-corrected chi connectivity index (χ3v) is 3.54. The fourth-order valence-electron chi connectivity index (χ4n) is 2.23. The molecule has 4 N–H and O–H groups in total. The summed E-state index contributed by atoms with van der Waals surface area (Å²) in [7, 11) is 0. The van der Waals surface area contributed by atoms with Crippen molar-refractivity contribution in [1.29, 1.82) is 0 Å². The maximum absolute atomic E-state index is 8.91. The number of nitrogens with zero attached hydrogens (tertiary/aromatic N) is 1. The van der Waals surface area contributed by atoms with Crippen molar-refractivity contribution < 1.29 is 10.2 Å². The summed E-state index contributed by atoms with van der Waals surface area (Å²) >= 11 is 0. The van der Waals surface area contributed by atoms with Crippen molar-refractivity contribution in [2.75, 3.05) is 36.9 Å². The third-order valence-electron chi connectivity index (χ3n) is 3.54. The molecule has 0 aliphatic rings. The van der Waals surface area contributed by atoms with Crippen molar-refractivity contribution >= 4 is 11.4 Å². The van der Waals surface area contributed by atoms with Gasteiger partial charge in [-0.2, -0.15) is 0 Å². The molecule has 1 aromatic rings. The van der Waals surface area contributed by atoms with Crippen molar-refractivity contribution in [3.8, 4) is 0 Å². The molecule has 4 heteroatoms. The summed E-state index contributed by atoms with van der Waals surface area (Å²) in [5.74, 6) is 0. The molecule has 0 aliphatic carbocycles. The highest BCUT2D eigenvalue weighted by atomic mass is 16.3. The standard InChI is InChI=1S/C16H28N2O2/c1-14-13-15(7-8-16(14)17)18(10-4-6-12-20)9-3-2-5-11-19/h7-8,13,19-20H,2-6,9-12,17H2,1H3. The zero-order valence-corrected chi connectivity index (χ0v) is 12.5. The minimum Gasteiger partial charge on any atom is -0.399 e. The number of aliphatic hydroxyl groups is 2. The average molecular weight is 280 g/mol. The van der Waals surface area contributed by atoms with Gasteiger partial charge >= 0.3 is 0 Å². The van der Waals surface area contributed by atoms with E-state index in [1.165, 1.54) is 5.69 Å². The molecular weight excluding hydrogens is 252 g/mol. The minimum absolute atomic E-state index is 0.249. The number of aliphatic hydroxyl groups excluding tert-OH is 2. The molecule has 0 saturated carbocycles. The third kappa shape index (κ3) is 5.80. The first-order chi connectivity index (χ1) is 9.69. The Bertz CT molecular complexity index is 383. The molecule has 0 heterocycles. The lowest BCUT2D eigenvalue weighted by atomic mass is 10.1. The Morgan fingerprint density at radius 3 is 2.15 bits per heavy atom. The van der Waals surface area contributed by atoms with E-state index in [0.717, 1.165) is 56.4 Å². The molecule has 20 heavy (non-hydrogen) atoms. The van der Waals surface area contributed by atoms with Gasteiger partial charge in [0.1, 0.15) is 0 Å². The molecule has 1 rings (SSSR count). The minimum atomic E-state index is 0.249. The summed E-state index contributed by atoms with van der Waals surface area (Å²) in [5.41, 5.74) is 8.99. The number of hydrogen-bond donors (Lipinski definition) is 3. The van der Waals surface area contributed by atoms with E-state index in [-0.39, 0.29) is 13.2 Å². The van der Waals surface area contributed by atoms with E-state index in [9.17, 15) is 0 Å². The smallest absolute Gasteiger partial charge is 0.0431 e. The van der Waals surface area contributed by atoms with E-state index in [0.29, 0.717) is 0 Å². The predicted molar refractivity (Wildman–Crippen MR) is 85.1 cm³/mol. The van der Waals surface area contributed by atoms with Crippen LogP contribution in [0.25, 0.3) is 0 Å². The molecule has 0 amide bonds. The maximum atomic E-state index is 8.91. The van der Waals surface area contributed by atoms with Crippen LogP contribution in [0.5, 0.6) is 0 Å². The molecule has 0 radical (unpaired) electrons. The lowest BCUT2D eigenvalue weighted by molar-refractivity contribution is 0.282. The number of benzene rings is 1. The van der Waals surface area contributed by atoms with Crippen molar-refractivity contribution in [2.24, 2.45) is 0 Å². The van der Waals surface area contributed by atoms with Crippen LogP contribution in [0.1, 0.15) is 37.7 Å². The summed E-state index contributed by atoms with van der Waals surface area (Å²) < 4.78 is 0. The van der Waals surface area contributed by atoms with Crippen LogP contribution >= 0.6 is 0 Å². The molecule has 0 aliphatic heterocycles. The van der Waals surface area contributed by atoms with E-state index in [1.807, 2.05) is 13.0 Å². The number of hydrogen-bond acceptors (Lipinski definition) is 4. The van der Waals surface area contributed by atoms with Crippen molar-refractivity contribution in [3.05, 3.63) is 23.8 Å². The first kappa shape index (κ1) is 16.8. The van der Waals surface area contributed by atoms with Crippen LogP contribution < -0.4 is 10.6 Å². The normalized spacial score (nSPS) is 10.8. The van der Waals surface area contributed by atoms with Gasteiger partial charge in [-0.3, -0.25) is 0 Å². The highest BCUT2D eigenvalue weighted by Gasteiger charge is 2.07. The Kier molecular flexibility index (Phi) is 8.07. The number of rotatable bonds is 10. The first-order valence-corrected chi connectivity index (χ1v) is 7.52. The Balaban J connectivity index is 2.61. The predicted octanol–water partition coefficient (Wildman–Crippen LogP) is 2.32. The second-order valence-corrected chi connectivity index (χ2v) is 5.24. The Labute approximate surface area is 122 Å². The molecule has 0 fully saturated rings. The summed E-state index contributed by atoms with van der Waals surface area (Å²) in [4.78, 5) is 2.35. The lowest BCUT2D eigenvalue weighted by Crippen LogP contribution is -2.26. The largest absolute Gasteiger partial charge is 0.399 e. The van der Waals surface area contributed by atoms with Gasteiger partial charge in [0.25, 0.3) is 0 Å². The number of anilines is 2. The van der Waals surface area contributed by atoms with Crippen LogP contribution in [0.3, 0.4) is 0 Å². The molecule has 0 atom stereocenters. The van der Waals surface area contributed by atoms with E-state index in [4.69, 9.17) is 15.9 Å². The van der Waals surface area contributed by atoms with Crippen LogP contribution in [-0.2, 0) is 0 Å². The number of aryl methyl sites for hydroxylation is 1. The van der Waals surface area contributed by atoms with Gasteiger partial charge in [0, 0.05) is 37.7 Å². The van der Waals surface area contributed by atoms with Crippen LogP contribution in [0.15, 0.2) is 18.2 Å². The van der Waals surface area contributed by atoms with E-state index in [1.54, 1.807) is 0 Å². The Morgan fingerprint density at radius 1 is 0.950 bits per heavy atom. The topological polar surface area (TPSA) is 69.7 Å². The van der Waals surface area contributed by atoms with E-state index in [2.05, 4.69) is 17.0 Å². The summed E-state index contributed by atoms with van der Waals surface area (Å²) in [6.07, 6.45) is 4.80. The van der Waals surface area contributed by atoms with Gasteiger partial charge in [-0.05, 0) is 62.8 Å². The lowest BCUT2D eigenvalue weighted by Gasteiger charge is -2.25. The summed E-state index contributed by atoms with van der Waals surface area (Å²) in [6, 6.07) is 6.14. The van der Waals surface area contributed by atoms with Gasteiger partial charge < -0.3 is 20.8 Å². The SMILES string of the molecule is Cc1cc(N(CCCCO)CCCCCO)ccc1N. The van der Waals surface area contributed by atoms with Crippen molar-refractivity contribution in [3.63, 3.8) is 0 Å². The molecule has 4 nitrogen and oxygen atoms in total. The second-order valence-electron chi connectivity index (χ2n) is 5.24. The van der Waals surface area contributed by atoms with E-state index < -0.39 is 0 Å². The van der Waals surface area contributed by atoms with Gasteiger partial charge in [0.05, 0.1) is 0 Å². The van der Waals surface area contributed by atoms with Gasteiger partial charge in [0.15, 0.2) is 0 Å². The molecule has 114 valence electrons.